The van der Waals surface area contributed by atoms with Gasteiger partial charge in [-0.2, -0.15) is 0 Å². The van der Waals surface area contributed by atoms with Crippen LogP contribution < -0.4 is 0 Å². The lowest BCUT2D eigenvalue weighted by atomic mass is 10.0. The van der Waals surface area contributed by atoms with Crippen LogP contribution in [0.15, 0.2) is 0 Å². The van der Waals surface area contributed by atoms with E-state index in [4.69, 9.17) is 28.7 Å². The fourth-order valence-corrected chi connectivity index (χ4v) is 8.96. The Hall–Kier alpha value is 0.190. The third kappa shape index (κ3) is 56.3. The SMILES string of the molecule is CCCCCCCCCCCCCCCCCCOOP(OOCCCCCCCCCCCCCCCCCC)OOCCCCCCCCCCCCCCCCCC. The van der Waals surface area contributed by atoms with Crippen molar-refractivity contribution in [3.8, 4) is 0 Å². The molecule has 0 heterocycles. The van der Waals surface area contributed by atoms with Gasteiger partial charge in [-0.1, -0.05) is 310 Å². The first-order chi connectivity index (χ1) is 30.3. The zero-order valence-electron chi connectivity index (χ0n) is 42.0. The Morgan fingerprint density at radius 1 is 0.180 bits per heavy atom. The van der Waals surface area contributed by atoms with E-state index in [9.17, 15) is 0 Å². The summed E-state index contributed by atoms with van der Waals surface area (Å²) in [6, 6.07) is 0. The van der Waals surface area contributed by atoms with Crippen molar-refractivity contribution < 1.29 is 28.7 Å². The summed E-state index contributed by atoms with van der Waals surface area (Å²) in [4.78, 5) is 16.5. The van der Waals surface area contributed by atoms with Gasteiger partial charge in [-0.15, -0.1) is 14.0 Å². The summed E-state index contributed by atoms with van der Waals surface area (Å²) in [6.07, 6.45) is 64.9. The van der Waals surface area contributed by atoms with E-state index in [2.05, 4.69) is 20.8 Å². The summed E-state index contributed by atoms with van der Waals surface area (Å²) in [6.45, 7) is 8.48. The van der Waals surface area contributed by atoms with Crippen LogP contribution in [0.3, 0.4) is 0 Å². The third-order valence-corrected chi connectivity index (χ3v) is 13.3. The predicted molar refractivity (Wildman–Crippen MR) is 267 cm³/mol. The molecule has 0 aliphatic rings. The van der Waals surface area contributed by atoms with E-state index in [-0.39, 0.29) is 0 Å². The molecule has 6 nitrogen and oxygen atoms in total. The maximum absolute atomic E-state index is 5.51. The molecule has 0 aliphatic heterocycles. The Labute approximate surface area is 384 Å². The van der Waals surface area contributed by atoms with E-state index in [1.165, 1.54) is 270 Å². The Morgan fingerprint density at radius 3 is 0.459 bits per heavy atom. The second-order valence-electron chi connectivity index (χ2n) is 18.8. The molecule has 0 N–H and O–H groups in total. The molecule has 0 aromatic heterocycles. The molecular weight excluding hydrogens is 776 g/mol. The summed E-state index contributed by atoms with van der Waals surface area (Å²) in [5, 5.41) is 0. The second kappa shape index (κ2) is 58.2. The highest BCUT2D eigenvalue weighted by atomic mass is 31.2. The van der Waals surface area contributed by atoms with E-state index in [1.807, 2.05) is 0 Å². The van der Waals surface area contributed by atoms with Gasteiger partial charge >= 0.3 is 8.60 Å². The van der Waals surface area contributed by atoms with E-state index in [1.54, 1.807) is 0 Å². The number of unbranched alkanes of at least 4 members (excludes halogenated alkanes) is 45. The van der Waals surface area contributed by atoms with Gasteiger partial charge in [0.05, 0.1) is 19.8 Å². The molecular formula is C54H111O6P. The molecule has 61 heavy (non-hydrogen) atoms. The molecule has 0 aromatic carbocycles. The first-order valence-electron chi connectivity index (χ1n) is 28.0. The largest absolute Gasteiger partial charge is 0.421 e. The number of rotatable bonds is 57. The van der Waals surface area contributed by atoms with Crippen LogP contribution in [-0.2, 0) is 28.7 Å². The smallest absolute Gasteiger partial charge is 0.229 e. The minimum absolute atomic E-state index is 0.530. The van der Waals surface area contributed by atoms with Gasteiger partial charge in [-0.25, -0.2) is 14.7 Å². The van der Waals surface area contributed by atoms with Gasteiger partial charge in [0.25, 0.3) is 0 Å². The summed E-state index contributed by atoms with van der Waals surface area (Å²) < 4.78 is 16.5. The summed E-state index contributed by atoms with van der Waals surface area (Å²) in [7, 11) is -1.86. The molecule has 0 fully saturated rings. The monoisotopic (exact) mass is 887 g/mol. The average molecular weight is 887 g/mol. The van der Waals surface area contributed by atoms with Crippen molar-refractivity contribution in [1.29, 1.82) is 0 Å². The van der Waals surface area contributed by atoms with Gasteiger partial charge in [0.1, 0.15) is 0 Å². The van der Waals surface area contributed by atoms with Crippen LogP contribution >= 0.6 is 8.60 Å². The van der Waals surface area contributed by atoms with Gasteiger partial charge in [-0.3, -0.25) is 0 Å². The molecule has 0 spiro atoms. The van der Waals surface area contributed by atoms with Gasteiger partial charge in [0.2, 0.25) is 0 Å². The highest BCUT2D eigenvalue weighted by Crippen LogP contribution is 2.40. The van der Waals surface area contributed by atoms with E-state index < -0.39 is 8.60 Å². The van der Waals surface area contributed by atoms with Crippen LogP contribution in [0.4, 0.5) is 0 Å². The molecule has 0 rings (SSSR count). The minimum atomic E-state index is -1.86. The fraction of sp³-hybridized carbons (Fsp3) is 1.00. The first-order valence-corrected chi connectivity index (χ1v) is 29.1. The molecule has 0 aliphatic carbocycles. The summed E-state index contributed by atoms with van der Waals surface area (Å²) in [5.74, 6) is 0. The van der Waals surface area contributed by atoms with Crippen molar-refractivity contribution in [3.63, 3.8) is 0 Å². The molecule has 7 heteroatoms. The second-order valence-corrected chi connectivity index (χ2v) is 19.7. The van der Waals surface area contributed by atoms with Crippen LogP contribution in [-0.4, -0.2) is 19.8 Å². The maximum atomic E-state index is 5.51. The van der Waals surface area contributed by atoms with Crippen LogP contribution in [0, 0.1) is 0 Å². The highest BCUT2D eigenvalue weighted by Gasteiger charge is 2.17. The lowest BCUT2D eigenvalue weighted by molar-refractivity contribution is -0.311. The lowest BCUT2D eigenvalue weighted by Gasteiger charge is -2.13. The average Bonchev–Trinajstić information content (AvgIpc) is 3.27. The van der Waals surface area contributed by atoms with Crippen LogP contribution in [0.1, 0.15) is 329 Å². The normalized spacial score (nSPS) is 11.8. The molecule has 0 bridgehead atoms. The van der Waals surface area contributed by atoms with Crippen molar-refractivity contribution >= 4 is 8.60 Å². The van der Waals surface area contributed by atoms with Gasteiger partial charge < -0.3 is 0 Å². The predicted octanol–water partition coefficient (Wildman–Crippen LogP) is 20.8. The molecule has 368 valence electrons. The lowest BCUT2D eigenvalue weighted by Crippen LogP contribution is -2.02. The highest BCUT2D eigenvalue weighted by molar-refractivity contribution is 7.41. The molecule has 0 atom stereocenters. The van der Waals surface area contributed by atoms with E-state index in [0.717, 1.165) is 38.5 Å². The van der Waals surface area contributed by atoms with Crippen LogP contribution in [0.25, 0.3) is 0 Å². The van der Waals surface area contributed by atoms with Crippen molar-refractivity contribution in [2.24, 2.45) is 0 Å². The molecule has 0 unspecified atom stereocenters. The van der Waals surface area contributed by atoms with Crippen molar-refractivity contribution in [3.05, 3.63) is 0 Å². The molecule has 0 saturated heterocycles. The third-order valence-electron chi connectivity index (χ3n) is 12.6. The maximum Gasteiger partial charge on any atom is 0.421 e. The Balaban J connectivity index is 3.96. The summed E-state index contributed by atoms with van der Waals surface area (Å²) in [5.41, 5.74) is 0. The summed E-state index contributed by atoms with van der Waals surface area (Å²) >= 11 is 0. The quantitative estimate of drug-likeness (QED) is 0.0262. The van der Waals surface area contributed by atoms with Crippen molar-refractivity contribution in [2.45, 2.75) is 329 Å². The molecule has 0 radical (unpaired) electrons. The van der Waals surface area contributed by atoms with Gasteiger partial charge in [-0.05, 0) is 19.3 Å². The van der Waals surface area contributed by atoms with Crippen molar-refractivity contribution in [2.75, 3.05) is 19.8 Å². The van der Waals surface area contributed by atoms with E-state index >= 15 is 0 Å². The van der Waals surface area contributed by atoms with Gasteiger partial charge in [0, 0.05) is 0 Å². The standard InChI is InChI=1S/C54H111O6P/c1-4-7-10-13-16-19-22-25-28-31-34-37-40-43-46-49-52-55-58-61(59-56-53-50-47-44-41-38-35-32-29-26-23-20-17-14-11-8-5-2)60-57-54-51-48-45-42-39-36-33-30-27-24-21-18-15-12-9-6-3/h4-54H2,1-3H3. The Bertz CT molecular complexity index is 649. The Kier molecular flexibility index (Phi) is 58.4. The van der Waals surface area contributed by atoms with Gasteiger partial charge in [0.15, 0.2) is 0 Å². The van der Waals surface area contributed by atoms with Crippen LogP contribution in [0.2, 0.25) is 0 Å². The van der Waals surface area contributed by atoms with E-state index in [0.29, 0.717) is 19.8 Å². The minimum Gasteiger partial charge on any atom is -0.229 e. The molecule has 0 aromatic rings. The first kappa shape index (κ1) is 61.2. The van der Waals surface area contributed by atoms with Crippen LogP contribution in [0.5, 0.6) is 0 Å². The zero-order valence-corrected chi connectivity index (χ0v) is 42.9. The number of hydrogen-bond acceptors (Lipinski definition) is 6. The topological polar surface area (TPSA) is 55.4 Å². The van der Waals surface area contributed by atoms with Crippen molar-refractivity contribution in [1.82, 2.24) is 0 Å². The zero-order chi connectivity index (χ0) is 43.9. The molecule has 0 saturated carbocycles. The fourth-order valence-electron chi connectivity index (χ4n) is 8.41. The molecule has 0 amide bonds. The Morgan fingerprint density at radius 2 is 0.311 bits per heavy atom. The number of hydrogen-bond donors (Lipinski definition) is 0.